The molecule has 0 amide bonds. The van der Waals surface area contributed by atoms with E-state index in [0.717, 1.165) is 4.90 Å². The molecular formula is C14H24N2O3S2. The molecule has 0 aliphatic carbocycles. The number of benzene rings is 1. The average Bonchev–Trinajstić information content (AvgIpc) is 2.37. The molecule has 0 radical (unpaired) electrons. The van der Waals surface area contributed by atoms with Gasteiger partial charge < -0.3 is 10.5 Å². The summed E-state index contributed by atoms with van der Waals surface area (Å²) >= 11 is 1.47. The van der Waals surface area contributed by atoms with Crippen LogP contribution in [0.15, 0.2) is 29.2 Å². The highest BCUT2D eigenvalue weighted by molar-refractivity contribution is 8.00. The van der Waals surface area contributed by atoms with Gasteiger partial charge in [0.1, 0.15) is 0 Å². The Bertz CT molecular complexity index is 545. The van der Waals surface area contributed by atoms with Gasteiger partial charge in [-0.2, -0.15) is 0 Å². The number of nitrogens with one attached hydrogen (secondary N) is 1. The molecule has 0 fully saturated rings. The monoisotopic (exact) mass is 332 g/mol. The van der Waals surface area contributed by atoms with Crippen LogP contribution in [0.3, 0.4) is 0 Å². The minimum absolute atomic E-state index is 0.0642. The number of anilines is 1. The fourth-order valence-corrected chi connectivity index (χ4v) is 4.22. The summed E-state index contributed by atoms with van der Waals surface area (Å²) < 4.78 is 31.9. The van der Waals surface area contributed by atoms with Gasteiger partial charge in [-0.15, -0.1) is 11.8 Å². The van der Waals surface area contributed by atoms with Crippen molar-refractivity contribution < 1.29 is 13.2 Å². The molecule has 1 rings (SSSR count). The molecule has 120 valence electrons. The SMILES string of the molecule is CCOC(C)(C)CNS(=O)(=O)CCSc1cccc(N)c1. The van der Waals surface area contributed by atoms with E-state index in [4.69, 9.17) is 10.5 Å². The predicted molar refractivity (Wildman–Crippen MR) is 89.1 cm³/mol. The minimum atomic E-state index is -3.30. The van der Waals surface area contributed by atoms with E-state index in [0.29, 0.717) is 18.0 Å². The molecule has 0 bridgehead atoms. The lowest BCUT2D eigenvalue weighted by Gasteiger charge is -2.24. The summed E-state index contributed by atoms with van der Waals surface area (Å²) in [7, 11) is -3.30. The van der Waals surface area contributed by atoms with Crippen molar-refractivity contribution in [3.05, 3.63) is 24.3 Å². The van der Waals surface area contributed by atoms with Crippen LogP contribution in [-0.4, -0.2) is 38.7 Å². The molecule has 0 saturated carbocycles. The van der Waals surface area contributed by atoms with Crippen LogP contribution in [-0.2, 0) is 14.8 Å². The number of hydrogen-bond donors (Lipinski definition) is 2. The molecule has 0 unspecified atom stereocenters. The summed E-state index contributed by atoms with van der Waals surface area (Å²) in [4.78, 5) is 0.972. The van der Waals surface area contributed by atoms with Gasteiger partial charge in [0.2, 0.25) is 10.0 Å². The second kappa shape index (κ2) is 8.03. The van der Waals surface area contributed by atoms with Crippen molar-refractivity contribution in [3.8, 4) is 0 Å². The van der Waals surface area contributed by atoms with Crippen LogP contribution in [0.25, 0.3) is 0 Å². The molecule has 0 spiro atoms. The molecule has 7 heteroatoms. The van der Waals surface area contributed by atoms with Gasteiger partial charge >= 0.3 is 0 Å². The maximum Gasteiger partial charge on any atom is 0.212 e. The van der Waals surface area contributed by atoms with Crippen LogP contribution in [0.5, 0.6) is 0 Å². The molecular weight excluding hydrogens is 308 g/mol. The Balaban J connectivity index is 2.39. The van der Waals surface area contributed by atoms with Gasteiger partial charge in [0.25, 0.3) is 0 Å². The standard InChI is InChI=1S/C14H24N2O3S2/c1-4-19-14(2,3)11-16-21(17,18)9-8-20-13-7-5-6-12(15)10-13/h5-7,10,16H,4,8-9,11,15H2,1-3H3. The molecule has 0 saturated heterocycles. The van der Waals surface area contributed by atoms with Crippen molar-refractivity contribution >= 4 is 27.5 Å². The van der Waals surface area contributed by atoms with E-state index in [-0.39, 0.29) is 12.3 Å². The van der Waals surface area contributed by atoms with Gasteiger partial charge in [-0.25, -0.2) is 13.1 Å². The first-order chi connectivity index (χ1) is 9.74. The van der Waals surface area contributed by atoms with Crippen molar-refractivity contribution in [1.29, 1.82) is 0 Å². The minimum Gasteiger partial charge on any atom is -0.399 e. The Labute approximate surface area is 131 Å². The summed E-state index contributed by atoms with van der Waals surface area (Å²) in [5, 5.41) is 0. The first kappa shape index (κ1) is 18.3. The van der Waals surface area contributed by atoms with E-state index < -0.39 is 15.6 Å². The Morgan fingerprint density at radius 3 is 2.71 bits per heavy atom. The van der Waals surface area contributed by atoms with Crippen molar-refractivity contribution in [3.63, 3.8) is 0 Å². The number of ether oxygens (including phenoxy) is 1. The number of thioether (sulfide) groups is 1. The Kier molecular flexibility index (Phi) is 6.99. The normalized spacial score (nSPS) is 12.5. The highest BCUT2D eigenvalue weighted by Gasteiger charge is 2.21. The largest absolute Gasteiger partial charge is 0.399 e. The molecule has 0 aromatic heterocycles. The quantitative estimate of drug-likeness (QED) is 0.534. The van der Waals surface area contributed by atoms with E-state index in [2.05, 4.69) is 4.72 Å². The fraction of sp³-hybridized carbons (Fsp3) is 0.571. The lowest BCUT2D eigenvalue weighted by molar-refractivity contribution is -0.00514. The molecule has 0 aliphatic rings. The number of hydrogen-bond acceptors (Lipinski definition) is 5. The van der Waals surface area contributed by atoms with Crippen LogP contribution in [0.2, 0.25) is 0 Å². The maximum atomic E-state index is 11.9. The van der Waals surface area contributed by atoms with E-state index >= 15 is 0 Å². The summed E-state index contributed by atoms with van der Waals surface area (Å²) in [6.45, 7) is 6.44. The molecule has 21 heavy (non-hydrogen) atoms. The molecule has 0 atom stereocenters. The molecule has 0 heterocycles. The third-order valence-electron chi connectivity index (χ3n) is 2.73. The first-order valence-corrected chi connectivity index (χ1v) is 9.47. The van der Waals surface area contributed by atoms with Crippen LogP contribution < -0.4 is 10.5 Å². The maximum absolute atomic E-state index is 11.9. The second-order valence-corrected chi connectivity index (χ2v) is 8.35. The van der Waals surface area contributed by atoms with Crippen LogP contribution in [0.1, 0.15) is 20.8 Å². The van der Waals surface area contributed by atoms with E-state index in [1.165, 1.54) is 11.8 Å². The molecule has 1 aromatic carbocycles. The van der Waals surface area contributed by atoms with Gasteiger partial charge in [-0.1, -0.05) is 6.07 Å². The Morgan fingerprint density at radius 2 is 2.10 bits per heavy atom. The molecule has 1 aromatic rings. The molecule has 3 N–H and O–H groups in total. The van der Waals surface area contributed by atoms with Gasteiger partial charge in [0, 0.05) is 29.5 Å². The third kappa shape index (κ3) is 7.71. The Morgan fingerprint density at radius 1 is 1.38 bits per heavy atom. The van der Waals surface area contributed by atoms with Gasteiger partial charge in [-0.05, 0) is 39.0 Å². The predicted octanol–water partition coefficient (Wildman–Crippen LogP) is 2.10. The summed E-state index contributed by atoms with van der Waals surface area (Å²) in [6.07, 6.45) is 0. The highest BCUT2D eigenvalue weighted by atomic mass is 32.2. The number of sulfonamides is 1. The zero-order valence-electron chi connectivity index (χ0n) is 12.8. The topological polar surface area (TPSA) is 81.4 Å². The van der Waals surface area contributed by atoms with E-state index in [9.17, 15) is 8.42 Å². The second-order valence-electron chi connectivity index (χ2n) is 5.25. The summed E-state index contributed by atoms with van der Waals surface area (Å²) in [5.74, 6) is 0.544. The zero-order chi connectivity index (χ0) is 15.9. The van der Waals surface area contributed by atoms with Crippen LogP contribution in [0, 0.1) is 0 Å². The van der Waals surface area contributed by atoms with Crippen molar-refractivity contribution in [2.45, 2.75) is 31.3 Å². The zero-order valence-corrected chi connectivity index (χ0v) is 14.4. The number of rotatable bonds is 9. The van der Waals surface area contributed by atoms with Gasteiger partial charge in [0.15, 0.2) is 0 Å². The summed E-state index contributed by atoms with van der Waals surface area (Å²) in [5.41, 5.74) is 5.87. The first-order valence-electron chi connectivity index (χ1n) is 6.84. The van der Waals surface area contributed by atoms with Crippen molar-refractivity contribution in [1.82, 2.24) is 4.72 Å². The third-order valence-corrected chi connectivity index (χ3v) is 5.31. The smallest absolute Gasteiger partial charge is 0.212 e. The number of nitrogen functional groups attached to an aromatic ring is 1. The van der Waals surface area contributed by atoms with Crippen LogP contribution >= 0.6 is 11.8 Å². The summed E-state index contributed by atoms with van der Waals surface area (Å²) in [6, 6.07) is 7.41. The van der Waals surface area contributed by atoms with Gasteiger partial charge in [0.05, 0.1) is 11.4 Å². The number of nitrogens with two attached hydrogens (primary N) is 1. The Hall–Kier alpha value is -0.760. The molecule has 0 aliphatic heterocycles. The van der Waals surface area contributed by atoms with E-state index in [1.54, 1.807) is 6.07 Å². The molecule has 5 nitrogen and oxygen atoms in total. The fourth-order valence-electron chi connectivity index (χ4n) is 1.67. The van der Waals surface area contributed by atoms with Crippen molar-refractivity contribution in [2.75, 3.05) is 30.4 Å². The highest BCUT2D eigenvalue weighted by Crippen LogP contribution is 2.20. The lowest BCUT2D eigenvalue weighted by Crippen LogP contribution is -2.41. The average molecular weight is 332 g/mol. The van der Waals surface area contributed by atoms with E-state index in [1.807, 2.05) is 39.0 Å². The lowest BCUT2D eigenvalue weighted by atomic mass is 10.1. The van der Waals surface area contributed by atoms with Gasteiger partial charge in [-0.3, -0.25) is 0 Å². The van der Waals surface area contributed by atoms with Crippen LogP contribution in [0.4, 0.5) is 5.69 Å². The van der Waals surface area contributed by atoms with Crippen molar-refractivity contribution in [2.24, 2.45) is 0 Å².